The standard InChI is InChI=1S/C19H17N5O2/c1-25-14-9-13(10-20-11-14)22-19-12-21-18-8-7-16(23-24(18)19)15-5-3-4-6-17(15)26-2/h3-12,22H,1-2H3. The van der Waals surface area contributed by atoms with Gasteiger partial charge in [0.25, 0.3) is 0 Å². The minimum Gasteiger partial charge on any atom is -0.496 e. The van der Waals surface area contributed by atoms with Gasteiger partial charge in [-0.1, -0.05) is 12.1 Å². The number of nitrogens with zero attached hydrogens (tertiary/aromatic N) is 4. The number of benzene rings is 1. The Hall–Kier alpha value is -3.61. The zero-order chi connectivity index (χ0) is 17.9. The molecule has 130 valence electrons. The summed E-state index contributed by atoms with van der Waals surface area (Å²) >= 11 is 0. The van der Waals surface area contributed by atoms with Crippen LogP contribution in [0.25, 0.3) is 16.9 Å². The molecule has 0 radical (unpaired) electrons. The zero-order valence-corrected chi connectivity index (χ0v) is 14.4. The molecule has 1 N–H and O–H groups in total. The van der Waals surface area contributed by atoms with Crippen molar-refractivity contribution in [1.29, 1.82) is 0 Å². The van der Waals surface area contributed by atoms with Crippen LogP contribution in [-0.4, -0.2) is 33.8 Å². The molecule has 3 aromatic heterocycles. The van der Waals surface area contributed by atoms with Gasteiger partial charge >= 0.3 is 0 Å². The van der Waals surface area contributed by atoms with Gasteiger partial charge in [0.2, 0.25) is 0 Å². The number of anilines is 2. The molecular formula is C19H17N5O2. The summed E-state index contributed by atoms with van der Waals surface area (Å²) in [5.74, 6) is 2.17. The van der Waals surface area contributed by atoms with Gasteiger partial charge in [-0.05, 0) is 24.3 Å². The highest BCUT2D eigenvalue weighted by Gasteiger charge is 2.10. The number of methoxy groups -OCH3 is 2. The Morgan fingerprint density at radius 2 is 1.85 bits per heavy atom. The van der Waals surface area contributed by atoms with E-state index < -0.39 is 0 Å². The molecule has 0 saturated carbocycles. The lowest BCUT2D eigenvalue weighted by Crippen LogP contribution is -2.01. The number of para-hydroxylation sites is 1. The second-order valence-corrected chi connectivity index (χ2v) is 5.57. The van der Waals surface area contributed by atoms with Crippen LogP contribution < -0.4 is 14.8 Å². The fraction of sp³-hybridized carbons (Fsp3) is 0.105. The van der Waals surface area contributed by atoms with Crippen LogP contribution >= 0.6 is 0 Å². The molecule has 0 unspecified atom stereocenters. The largest absolute Gasteiger partial charge is 0.496 e. The topological polar surface area (TPSA) is 73.6 Å². The first-order chi connectivity index (χ1) is 12.8. The Kier molecular flexibility index (Phi) is 4.10. The van der Waals surface area contributed by atoms with Crippen LogP contribution in [0.15, 0.2) is 61.1 Å². The van der Waals surface area contributed by atoms with Crippen LogP contribution in [0.5, 0.6) is 11.5 Å². The van der Waals surface area contributed by atoms with Crippen molar-refractivity contribution >= 4 is 17.2 Å². The highest BCUT2D eigenvalue weighted by atomic mass is 16.5. The molecule has 0 atom stereocenters. The van der Waals surface area contributed by atoms with Crippen molar-refractivity contribution in [2.24, 2.45) is 0 Å². The van der Waals surface area contributed by atoms with E-state index in [0.29, 0.717) is 5.75 Å². The van der Waals surface area contributed by atoms with E-state index in [1.54, 1.807) is 37.3 Å². The molecule has 26 heavy (non-hydrogen) atoms. The minimum absolute atomic E-state index is 0.673. The Morgan fingerprint density at radius 1 is 0.962 bits per heavy atom. The molecule has 0 fully saturated rings. The van der Waals surface area contributed by atoms with Crippen LogP contribution in [0, 0.1) is 0 Å². The number of pyridine rings is 1. The Morgan fingerprint density at radius 3 is 2.69 bits per heavy atom. The van der Waals surface area contributed by atoms with Crippen molar-refractivity contribution in [3.63, 3.8) is 0 Å². The average molecular weight is 347 g/mol. The number of ether oxygens (including phenoxy) is 2. The molecule has 4 rings (SSSR count). The van der Waals surface area contributed by atoms with Gasteiger partial charge in [-0.25, -0.2) is 4.98 Å². The molecule has 0 aliphatic carbocycles. The molecule has 0 saturated heterocycles. The smallest absolute Gasteiger partial charge is 0.155 e. The predicted octanol–water partition coefficient (Wildman–Crippen LogP) is 3.55. The number of imidazole rings is 1. The number of hydrogen-bond donors (Lipinski definition) is 1. The van der Waals surface area contributed by atoms with Gasteiger partial charge in [0.1, 0.15) is 11.5 Å². The summed E-state index contributed by atoms with van der Waals surface area (Å²) in [5.41, 5.74) is 3.23. The summed E-state index contributed by atoms with van der Waals surface area (Å²) < 4.78 is 12.4. The second-order valence-electron chi connectivity index (χ2n) is 5.57. The number of rotatable bonds is 5. The third-order valence-electron chi connectivity index (χ3n) is 3.97. The van der Waals surface area contributed by atoms with E-state index in [2.05, 4.69) is 15.3 Å². The SMILES string of the molecule is COc1cncc(Nc2cnc3ccc(-c4ccccc4OC)nn23)c1. The molecular weight excluding hydrogens is 330 g/mol. The highest BCUT2D eigenvalue weighted by molar-refractivity contribution is 5.68. The monoisotopic (exact) mass is 347 g/mol. The van der Waals surface area contributed by atoms with Gasteiger partial charge in [0.05, 0.1) is 44.2 Å². The van der Waals surface area contributed by atoms with Crippen molar-refractivity contribution in [2.75, 3.05) is 19.5 Å². The van der Waals surface area contributed by atoms with Crippen molar-refractivity contribution in [3.8, 4) is 22.8 Å². The van der Waals surface area contributed by atoms with Crippen molar-refractivity contribution in [2.45, 2.75) is 0 Å². The lowest BCUT2D eigenvalue weighted by Gasteiger charge is -2.09. The van der Waals surface area contributed by atoms with E-state index in [-0.39, 0.29) is 0 Å². The highest BCUT2D eigenvalue weighted by Crippen LogP contribution is 2.29. The Balaban J connectivity index is 1.75. The lowest BCUT2D eigenvalue weighted by molar-refractivity contribution is 0.413. The Bertz CT molecular complexity index is 1060. The van der Waals surface area contributed by atoms with E-state index in [0.717, 1.165) is 34.2 Å². The van der Waals surface area contributed by atoms with Crippen LogP contribution in [0.2, 0.25) is 0 Å². The number of nitrogens with one attached hydrogen (secondary N) is 1. The van der Waals surface area contributed by atoms with E-state index in [1.165, 1.54) is 0 Å². The zero-order valence-electron chi connectivity index (χ0n) is 14.4. The molecule has 4 aromatic rings. The predicted molar refractivity (Wildman–Crippen MR) is 99.0 cm³/mol. The summed E-state index contributed by atoms with van der Waals surface area (Å²) in [5, 5.41) is 7.99. The summed E-state index contributed by atoms with van der Waals surface area (Å²) in [6.07, 6.45) is 5.09. The first-order valence-electron chi connectivity index (χ1n) is 8.03. The molecule has 0 aliphatic heterocycles. The van der Waals surface area contributed by atoms with Gasteiger partial charge in [0, 0.05) is 11.6 Å². The molecule has 1 aromatic carbocycles. The van der Waals surface area contributed by atoms with E-state index >= 15 is 0 Å². The first kappa shape index (κ1) is 15.9. The van der Waals surface area contributed by atoms with E-state index in [4.69, 9.17) is 14.6 Å². The third-order valence-corrected chi connectivity index (χ3v) is 3.97. The van der Waals surface area contributed by atoms with Gasteiger partial charge in [0.15, 0.2) is 11.5 Å². The number of fused-ring (bicyclic) bond motifs is 1. The van der Waals surface area contributed by atoms with Gasteiger partial charge < -0.3 is 14.8 Å². The summed E-state index contributed by atoms with van der Waals surface area (Å²) in [6.45, 7) is 0. The Labute approximate surface area is 150 Å². The molecule has 7 heteroatoms. The average Bonchev–Trinajstić information content (AvgIpc) is 3.10. The van der Waals surface area contributed by atoms with Gasteiger partial charge in [-0.2, -0.15) is 9.61 Å². The van der Waals surface area contributed by atoms with Gasteiger partial charge in [-0.15, -0.1) is 0 Å². The molecule has 3 heterocycles. The molecule has 7 nitrogen and oxygen atoms in total. The van der Waals surface area contributed by atoms with E-state index in [9.17, 15) is 0 Å². The molecule has 0 spiro atoms. The van der Waals surface area contributed by atoms with E-state index in [1.807, 2.05) is 42.5 Å². The maximum atomic E-state index is 5.44. The normalized spacial score (nSPS) is 10.7. The van der Waals surface area contributed by atoms with Crippen molar-refractivity contribution in [3.05, 3.63) is 61.1 Å². The molecule has 0 aliphatic rings. The number of aromatic nitrogens is 4. The minimum atomic E-state index is 0.673. The van der Waals surface area contributed by atoms with Crippen LogP contribution in [0.3, 0.4) is 0 Å². The van der Waals surface area contributed by atoms with Gasteiger partial charge in [-0.3, -0.25) is 4.98 Å². The van der Waals surface area contributed by atoms with Crippen LogP contribution in [0.1, 0.15) is 0 Å². The van der Waals surface area contributed by atoms with Crippen molar-refractivity contribution < 1.29 is 9.47 Å². The lowest BCUT2D eigenvalue weighted by atomic mass is 10.1. The quantitative estimate of drug-likeness (QED) is 0.595. The summed E-state index contributed by atoms with van der Waals surface area (Å²) in [6, 6.07) is 13.5. The van der Waals surface area contributed by atoms with Crippen molar-refractivity contribution in [1.82, 2.24) is 19.6 Å². The first-order valence-corrected chi connectivity index (χ1v) is 8.03. The maximum Gasteiger partial charge on any atom is 0.155 e. The molecule has 0 amide bonds. The molecule has 0 bridgehead atoms. The fourth-order valence-corrected chi connectivity index (χ4v) is 2.71. The number of hydrogen-bond acceptors (Lipinski definition) is 6. The van der Waals surface area contributed by atoms with Crippen LogP contribution in [0.4, 0.5) is 11.5 Å². The van der Waals surface area contributed by atoms with Crippen LogP contribution in [-0.2, 0) is 0 Å². The fourth-order valence-electron chi connectivity index (χ4n) is 2.71. The summed E-state index contributed by atoms with van der Waals surface area (Å²) in [4.78, 5) is 8.54. The summed E-state index contributed by atoms with van der Waals surface area (Å²) in [7, 11) is 3.26. The second kappa shape index (κ2) is 6.72. The third kappa shape index (κ3) is 2.90. The maximum absolute atomic E-state index is 5.44.